The summed E-state index contributed by atoms with van der Waals surface area (Å²) in [7, 11) is 0. The molecule has 0 aliphatic carbocycles. The number of amides is 1. The zero-order valence-electron chi connectivity index (χ0n) is 8.20. The fraction of sp³-hybridized carbons (Fsp3) is 0.300. The van der Waals surface area contributed by atoms with Gasteiger partial charge in [0.05, 0.1) is 5.56 Å². The highest BCUT2D eigenvalue weighted by molar-refractivity contribution is 5.94. The second-order valence-electron chi connectivity index (χ2n) is 2.88. The highest BCUT2D eigenvalue weighted by Gasteiger charge is 2.08. The summed E-state index contributed by atoms with van der Waals surface area (Å²) < 4.78 is 13.1. The predicted octanol–water partition coefficient (Wildman–Crippen LogP) is 1.33. The van der Waals surface area contributed by atoms with Crippen LogP contribution in [0.5, 0.6) is 0 Å². The number of hydrogen-bond acceptors (Lipinski definition) is 2. The van der Waals surface area contributed by atoms with Crippen molar-refractivity contribution in [1.29, 1.82) is 0 Å². The van der Waals surface area contributed by atoms with Gasteiger partial charge in [-0.3, -0.25) is 4.79 Å². The van der Waals surface area contributed by atoms with Crippen LogP contribution in [0.15, 0.2) is 24.3 Å². The van der Waals surface area contributed by atoms with E-state index in [9.17, 15) is 9.18 Å². The van der Waals surface area contributed by atoms with Gasteiger partial charge in [-0.05, 0) is 25.1 Å². The molecule has 0 atom stereocenters. The Morgan fingerprint density at radius 3 is 2.67 bits per heavy atom. The van der Waals surface area contributed by atoms with Gasteiger partial charge in [0.25, 0.3) is 5.91 Å². The first kappa shape index (κ1) is 13.9. The maximum absolute atomic E-state index is 13.1. The van der Waals surface area contributed by atoms with Crippen molar-refractivity contribution in [2.24, 2.45) is 5.73 Å². The van der Waals surface area contributed by atoms with Crippen molar-refractivity contribution in [2.75, 3.05) is 13.1 Å². The van der Waals surface area contributed by atoms with Crippen molar-refractivity contribution < 1.29 is 9.18 Å². The number of rotatable bonds is 4. The molecule has 0 aromatic heterocycles. The van der Waals surface area contributed by atoms with Crippen molar-refractivity contribution in [3.05, 3.63) is 35.6 Å². The molecule has 0 radical (unpaired) electrons. The van der Waals surface area contributed by atoms with Gasteiger partial charge in [-0.25, -0.2) is 4.39 Å². The van der Waals surface area contributed by atoms with Crippen molar-refractivity contribution in [3.63, 3.8) is 0 Å². The second-order valence-corrected chi connectivity index (χ2v) is 2.88. The highest BCUT2D eigenvalue weighted by atomic mass is 35.5. The van der Waals surface area contributed by atoms with E-state index in [4.69, 9.17) is 5.73 Å². The summed E-state index contributed by atoms with van der Waals surface area (Å²) in [5.41, 5.74) is 5.33. The van der Waals surface area contributed by atoms with E-state index in [0.717, 1.165) is 0 Å². The molecule has 5 heteroatoms. The largest absolute Gasteiger partial charge is 0.352 e. The molecule has 1 aromatic rings. The molecule has 84 valence electrons. The number of benzene rings is 1. The van der Waals surface area contributed by atoms with E-state index in [1.54, 1.807) is 12.1 Å². The quantitative estimate of drug-likeness (QED) is 0.770. The molecule has 0 aliphatic heterocycles. The van der Waals surface area contributed by atoms with Crippen LogP contribution in [0.3, 0.4) is 0 Å². The summed E-state index contributed by atoms with van der Waals surface area (Å²) in [5.74, 6) is -0.894. The molecule has 0 saturated carbocycles. The van der Waals surface area contributed by atoms with E-state index < -0.39 is 11.7 Å². The predicted molar refractivity (Wildman–Crippen MR) is 59.7 cm³/mol. The molecule has 3 N–H and O–H groups in total. The Bertz CT molecular complexity index is 320. The Hall–Kier alpha value is -1.13. The first-order valence-electron chi connectivity index (χ1n) is 4.48. The lowest BCUT2D eigenvalue weighted by Crippen LogP contribution is -2.26. The Morgan fingerprint density at radius 2 is 2.07 bits per heavy atom. The lowest BCUT2D eigenvalue weighted by atomic mass is 10.2. The van der Waals surface area contributed by atoms with E-state index >= 15 is 0 Å². The molecular formula is C10H14ClFN2O. The maximum atomic E-state index is 13.1. The van der Waals surface area contributed by atoms with Crippen LogP contribution < -0.4 is 11.1 Å². The first-order valence-corrected chi connectivity index (χ1v) is 4.48. The summed E-state index contributed by atoms with van der Waals surface area (Å²) in [6, 6.07) is 5.89. The standard InChI is InChI=1S/C10H13FN2O.ClH/c11-9-5-2-1-4-8(9)10(14)13-7-3-6-12;/h1-2,4-5H,3,6-7,12H2,(H,13,14);1H. The van der Waals surface area contributed by atoms with Crippen LogP contribution in [-0.4, -0.2) is 19.0 Å². The Kier molecular flexibility index (Phi) is 6.66. The number of hydrogen-bond donors (Lipinski definition) is 2. The molecule has 3 nitrogen and oxygen atoms in total. The summed E-state index contributed by atoms with van der Waals surface area (Å²) in [6.07, 6.45) is 0.695. The first-order chi connectivity index (χ1) is 6.75. The molecule has 0 aliphatic rings. The normalized spacial score (nSPS) is 9.20. The molecule has 0 saturated heterocycles. The molecule has 0 unspecified atom stereocenters. The van der Waals surface area contributed by atoms with Gasteiger partial charge in [0.15, 0.2) is 0 Å². The summed E-state index contributed by atoms with van der Waals surface area (Å²) in [4.78, 5) is 11.3. The van der Waals surface area contributed by atoms with Crippen molar-refractivity contribution in [3.8, 4) is 0 Å². The van der Waals surface area contributed by atoms with Gasteiger partial charge in [-0.1, -0.05) is 12.1 Å². The van der Waals surface area contributed by atoms with E-state index in [-0.39, 0.29) is 18.0 Å². The number of nitrogens with two attached hydrogens (primary N) is 1. The minimum absolute atomic E-state index is 0. The Balaban J connectivity index is 0.00000196. The third-order valence-electron chi connectivity index (χ3n) is 1.78. The van der Waals surface area contributed by atoms with Crippen LogP contribution >= 0.6 is 12.4 Å². The smallest absolute Gasteiger partial charge is 0.254 e. The zero-order chi connectivity index (χ0) is 10.4. The SMILES string of the molecule is Cl.NCCCNC(=O)c1ccccc1F. The van der Waals surface area contributed by atoms with Crippen molar-refractivity contribution in [2.45, 2.75) is 6.42 Å². The number of carbonyl (C=O) groups is 1. The van der Waals surface area contributed by atoms with Crippen LogP contribution in [0.25, 0.3) is 0 Å². The fourth-order valence-corrected chi connectivity index (χ4v) is 1.04. The molecule has 0 bridgehead atoms. The molecule has 0 heterocycles. The molecule has 1 amide bonds. The summed E-state index contributed by atoms with van der Waals surface area (Å²) in [5, 5.41) is 2.58. The van der Waals surface area contributed by atoms with Crippen LogP contribution in [0.1, 0.15) is 16.8 Å². The molecule has 1 rings (SSSR count). The fourth-order valence-electron chi connectivity index (χ4n) is 1.04. The molecular weight excluding hydrogens is 219 g/mol. The average Bonchev–Trinajstić information content (AvgIpc) is 2.18. The van der Waals surface area contributed by atoms with Crippen LogP contribution in [0, 0.1) is 5.82 Å². The van der Waals surface area contributed by atoms with Gasteiger partial charge in [-0.2, -0.15) is 0 Å². The van der Waals surface area contributed by atoms with Gasteiger partial charge in [-0.15, -0.1) is 12.4 Å². The van der Waals surface area contributed by atoms with Gasteiger partial charge in [0.2, 0.25) is 0 Å². The van der Waals surface area contributed by atoms with Crippen LogP contribution in [0.2, 0.25) is 0 Å². The number of nitrogens with one attached hydrogen (secondary N) is 1. The Labute approximate surface area is 94.3 Å². The van der Waals surface area contributed by atoms with Crippen molar-refractivity contribution in [1.82, 2.24) is 5.32 Å². The van der Waals surface area contributed by atoms with Gasteiger partial charge >= 0.3 is 0 Å². The van der Waals surface area contributed by atoms with E-state index in [1.807, 2.05) is 0 Å². The van der Waals surface area contributed by atoms with Gasteiger partial charge in [0.1, 0.15) is 5.82 Å². The lowest BCUT2D eigenvalue weighted by molar-refractivity contribution is 0.0949. The van der Waals surface area contributed by atoms with Crippen LogP contribution in [-0.2, 0) is 0 Å². The number of carbonyl (C=O) groups excluding carboxylic acids is 1. The summed E-state index contributed by atoms with van der Waals surface area (Å²) >= 11 is 0. The van der Waals surface area contributed by atoms with Crippen LogP contribution in [0.4, 0.5) is 4.39 Å². The molecule has 0 fully saturated rings. The van der Waals surface area contributed by atoms with E-state index in [1.165, 1.54) is 12.1 Å². The molecule has 1 aromatic carbocycles. The monoisotopic (exact) mass is 232 g/mol. The summed E-state index contributed by atoms with van der Waals surface area (Å²) in [6.45, 7) is 0.987. The van der Waals surface area contributed by atoms with E-state index in [0.29, 0.717) is 19.5 Å². The lowest BCUT2D eigenvalue weighted by Gasteiger charge is -2.04. The van der Waals surface area contributed by atoms with Gasteiger partial charge in [0, 0.05) is 6.54 Å². The highest BCUT2D eigenvalue weighted by Crippen LogP contribution is 2.05. The molecule has 0 spiro atoms. The number of halogens is 2. The van der Waals surface area contributed by atoms with E-state index in [2.05, 4.69) is 5.32 Å². The van der Waals surface area contributed by atoms with Crippen molar-refractivity contribution >= 4 is 18.3 Å². The minimum Gasteiger partial charge on any atom is -0.352 e. The third kappa shape index (κ3) is 4.27. The minimum atomic E-state index is -0.502. The second kappa shape index (κ2) is 7.20. The van der Waals surface area contributed by atoms with Gasteiger partial charge < -0.3 is 11.1 Å². The third-order valence-corrected chi connectivity index (χ3v) is 1.78. The zero-order valence-corrected chi connectivity index (χ0v) is 9.02. The maximum Gasteiger partial charge on any atom is 0.254 e. The average molecular weight is 233 g/mol. The topological polar surface area (TPSA) is 55.1 Å². The Morgan fingerprint density at radius 1 is 1.40 bits per heavy atom. The molecule has 15 heavy (non-hydrogen) atoms.